The molecule has 0 saturated heterocycles. The van der Waals surface area contributed by atoms with Crippen LogP contribution >= 0.6 is 0 Å². The maximum atomic E-state index is 13.9. The van der Waals surface area contributed by atoms with Crippen molar-refractivity contribution in [2.45, 2.75) is 50.0 Å². The normalized spacial score (nSPS) is 16.0. The third kappa shape index (κ3) is 5.22. The predicted molar refractivity (Wildman–Crippen MR) is 148 cm³/mol. The van der Waals surface area contributed by atoms with E-state index >= 15 is 0 Å². The second kappa shape index (κ2) is 9.68. The number of hydrogen-bond donors (Lipinski definition) is 3. The zero-order valence-electron chi connectivity index (χ0n) is 21.7. The summed E-state index contributed by atoms with van der Waals surface area (Å²) in [7, 11) is 0. The first-order valence-electron chi connectivity index (χ1n) is 13.3. The highest BCUT2D eigenvalue weighted by Crippen LogP contribution is 2.51. The molecule has 0 amide bonds. The Kier molecular flexibility index (Phi) is 5.94. The van der Waals surface area contributed by atoms with Gasteiger partial charge in [-0.2, -0.15) is 23.3 Å². The van der Waals surface area contributed by atoms with Crippen LogP contribution in [0.1, 0.15) is 31.2 Å². The van der Waals surface area contributed by atoms with Crippen LogP contribution in [0.25, 0.3) is 28.0 Å². The molecule has 0 bridgehead atoms. The fourth-order valence-corrected chi connectivity index (χ4v) is 4.53. The molecule has 41 heavy (non-hydrogen) atoms. The average molecular weight is 559 g/mol. The number of halogens is 3. The molecule has 2 aliphatic rings. The SMILES string of the molecule is FC(F)(F)C1(Nc2nc(NCc3ccc(-n4cncn4)cc3)nc3ccc(-c4ccc(NC5CC5)nc4)nc23)CC1. The molecule has 0 radical (unpaired) electrons. The molecule has 13 heteroatoms. The van der Waals surface area contributed by atoms with Gasteiger partial charge in [-0.3, -0.25) is 0 Å². The number of nitrogens with one attached hydrogen (secondary N) is 3. The van der Waals surface area contributed by atoms with Crippen LogP contribution in [0.4, 0.5) is 30.8 Å². The van der Waals surface area contributed by atoms with E-state index in [2.05, 4.69) is 46.0 Å². The van der Waals surface area contributed by atoms with E-state index < -0.39 is 11.7 Å². The minimum absolute atomic E-state index is 0.0258. The molecule has 2 aliphatic carbocycles. The van der Waals surface area contributed by atoms with Crippen molar-refractivity contribution in [3.63, 3.8) is 0 Å². The highest BCUT2D eigenvalue weighted by molar-refractivity contribution is 5.88. The molecule has 0 unspecified atom stereocenters. The van der Waals surface area contributed by atoms with Crippen LogP contribution in [0.2, 0.25) is 0 Å². The van der Waals surface area contributed by atoms with E-state index in [-0.39, 0.29) is 30.1 Å². The summed E-state index contributed by atoms with van der Waals surface area (Å²) in [5.41, 5.74) is 1.77. The van der Waals surface area contributed by atoms with Crippen molar-refractivity contribution in [2.24, 2.45) is 0 Å². The number of fused-ring (bicyclic) bond motifs is 1. The van der Waals surface area contributed by atoms with Crippen molar-refractivity contribution in [1.82, 2.24) is 34.7 Å². The third-order valence-electron chi connectivity index (χ3n) is 7.25. The van der Waals surface area contributed by atoms with Crippen molar-refractivity contribution < 1.29 is 13.2 Å². The molecule has 7 rings (SSSR count). The van der Waals surface area contributed by atoms with Gasteiger partial charge in [0.25, 0.3) is 0 Å². The van der Waals surface area contributed by atoms with E-state index in [9.17, 15) is 13.2 Å². The lowest BCUT2D eigenvalue weighted by atomic mass is 10.1. The summed E-state index contributed by atoms with van der Waals surface area (Å²) in [6, 6.07) is 15.4. The van der Waals surface area contributed by atoms with Gasteiger partial charge in [0.2, 0.25) is 5.95 Å². The average Bonchev–Trinajstić information content (AvgIpc) is 3.90. The molecule has 10 nitrogen and oxygen atoms in total. The van der Waals surface area contributed by atoms with Gasteiger partial charge in [0.15, 0.2) is 5.82 Å². The minimum Gasteiger partial charge on any atom is -0.367 e. The first kappa shape index (κ1) is 25.2. The van der Waals surface area contributed by atoms with E-state index in [1.807, 2.05) is 36.4 Å². The fourth-order valence-electron chi connectivity index (χ4n) is 4.53. The van der Waals surface area contributed by atoms with E-state index in [1.54, 1.807) is 29.3 Å². The summed E-state index contributed by atoms with van der Waals surface area (Å²) in [6.45, 7) is 0.366. The minimum atomic E-state index is -4.42. The van der Waals surface area contributed by atoms with E-state index in [0.717, 1.165) is 35.5 Å². The number of hydrogen-bond acceptors (Lipinski definition) is 9. The van der Waals surface area contributed by atoms with Gasteiger partial charge in [0, 0.05) is 24.3 Å². The standard InChI is InChI=1S/C28H25F3N10/c29-28(30,31)27(11-12-27)40-25-24-22(9-8-21(37-24)18-3-10-23(33-14-18)36-19-4-5-19)38-26(39-25)34-13-17-1-6-20(7-2-17)41-16-32-15-35-41/h1-3,6-10,14-16,19H,4-5,11-13H2,(H,33,36)(H2,34,38,39,40). The van der Waals surface area contributed by atoms with Crippen LogP contribution in [0.3, 0.4) is 0 Å². The van der Waals surface area contributed by atoms with Crippen molar-refractivity contribution in [3.05, 3.63) is 72.9 Å². The Morgan fingerprint density at radius 1 is 0.951 bits per heavy atom. The van der Waals surface area contributed by atoms with Gasteiger partial charge < -0.3 is 16.0 Å². The van der Waals surface area contributed by atoms with Crippen molar-refractivity contribution in [3.8, 4) is 16.9 Å². The van der Waals surface area contributed by atoms with Gasteiger partial charge in [-0.15, -0.1) is 0 Å². The van der Waals surface area contributed by atoms with Gasteiger partial charge in [-0.05, 0) is 67.6 Å². The summed E-state index contributed by atoms with van der Waals surface area (Å²) in [5, 5.41) is 13.3. The topological polar surface area (TPSA) is 118 Å². The Morgan fingerprint density at radius 2 is 1.78 bits per heavy atom. The lowest BCUT2D eigenvalue weighted by molar-refractivity contribution is -0.151. The third-order valence-corrected chi connectivity index (χ3v) is 7.25. The van der Waals surface area contributed by atoms with Crippen molar-refractivity contribution >= 4 is 28.6 Å². The van der Waals surface area contributed by atoms with Gasteiger partial charge in [0.05, 0.1) is 16.9 Å². The predicted octanol–water partition coefficient (Wildman–Crippen LogP) is 5.36. The van der Waals surface area contributed by atoms with Gasteiger partial charge in [0.1, 0.15) is 29.5 Å². The number of pyridine rings is 2. The summed E-state index contributed by atoms with van der Waals surface area (Å²) >= 11 is 0. The molecule has 0 spiro atoms. The van der Waals surface area contributed by atoms with Crippen LogP contribution in [-0.2, 0) is 6.54 Å². The molecule has 1 aromatic carbocycles. The fraction of sp³-hybridized carbons (Fsp3) is 0.286. The molecule has 4 heterocycles. The van der Waals surface area contributed by atoms with Gasteiger partial charge in [-0.1, -0.05) is 12.1 Å². The lowest BCUT2D eigenvalue weighted by Crippen LogP contribution is -2.39. The maximum absolute atomic E-state index is 13.9. The molecular weight excluding hydrogens is 533 g/mol. The van der Waals surface area contributed by atoms with E-state index in [1.165, 1.54) is 6.33 Å². The zero-order chi connectivity index (χ0) is 28.0. The first-order valence-corrected chi connectivity index (χ1v) is 13.3. The Labute approximate surface area is 232 Å². The van der Waals surface area contributed by atoms with Crippen LogP contribution < -0.4 is 16.0 Å². The van der Waals surface area contributed by atoms with Crippen molar-refractivity contribution in [2.75, 3.05) is 16.0 Å². The highest BCUT2D eigenvalue weighted by Gasteiger charge is 2.64. The molecule has 5 aromatic rings. The molecule has 0 aliphatic heterocycles. The quantitative estimate of drug-likeness (QED) is 0.220. The van der Waals surface area contributed by atoms with Crippen LogP contribution in [0.5, 0.6) is 0 Å². The number of aromatic nitrogens is 7. The molecular formula is C28H25F3N10. The first-order chi connectivity index (χ1) is 19.9. The summed E-state index contributed by atoms with van der Waals surface area (Å²) in [4.78, 5) is 22.1. The summed E-state index contributed by atoms with van der Waals surface area (Å²) in [6.07, 6.45) is 2.57. The summed E-state index contributed by atoms with van der Waals surface area (Å²) in [5.74, 6) is 1.02. The number of rotatable bonds is 9. The lowest BCUT2D eigenvalue weighted by Gasteiger charge is -2.22. The molecule has 2 fully saturated rings. The van der Waals surface area contributed by atoms with E-state index in [4.69, 9.17) is 0 Å². The molecule has 208 valence electrons. The van der Waals surface area contributed by atoms with Crippen LogP contribution in [-0.4, -0.2) is 52.5 Å². The second-order valence-electron chi connectivity index (χ2n) is 10.4. The van der Waals surface area contributed by atoms with Crippen LogP contribution in [0.15, 0.2) is 67.4 Å². The van der Waals surface area contributed by atoms with Gasteiger partial charge >= 0.3 is 6.18 Å². The van der Waals surface area contributed by atoms with Crippen molar-refractivity contribution in [1.29, 1.82) is 0 Å². The Bertz CT molecular complexity index is 1680. The summed E-state index contributed by atoms with van der Waals surface area (Å²) < 4.78 is 43.3. The number of nitrogens with zero attached hydrogens (tertiary/aromatic N) is 7. The number of anilines is 3. The smallest absolute Gasteiger partial charge is 0.367 e. The molecule has 0 atom stereocenters. The monoisotopic (exact) mass is 558 g/mol. The zero-order valence-corrected chi connectivity index (χ0v) is 21.7. The Morgan fingerprint density at radius 3 is 2.44 bits per heavy atom. The number of alkyl halides is 3. The highest BCUT2D eigenvalue weighted by atomic mass is 19.4. The second-order valence-corrected chi connectivity index (χ2v) is 10.4. The molecule has 4 aromatic heterocycles. The Balaban J connectivity index is 1.17. The molecule has 3 N–H and O–H groups in total. The molecule has 2 saturated carbocycles. The largest absolute Gasteiger partial charge is 0.411 e. The maximum Gasteiger partial charge on any atom is 0.411 e. The van der Waals surface area contributed by atoms with Gasteiger partial charge in [-0.25, -0.2) is 24.6 Å². The van der Waals surface area contributed by atoms with E-state index in [0.29, 0.717) is 23.8 Å². The van der Waals surface area contributed by atoms with Crippen LogP contribution in [0, 0.1) is 0 Å². The Hall–Kier alpha value is -4.81. The number of benzene rings is 1.